The molecule has 0 unspecified atom stereocenters. The lowest BCUT2D eigenvalue weighted by Gasteiger charge is -2.29. The summed E-state index contributed by atoms with van der Waals surface area (Å²) in [6, 6.07) is 18.5. The molecule has 3 heterocycles. The van der Waals surface area contributed by atoms with Crippen molar-refractivity contribution in [1.29, 1.82) is 0 Å². The van der Waals surface area contributed by atoms with Gasteiger partial charge in [-0.2, -0.15) is 0 Å². The standard InChI is InChI=1S/C28H26ClFN4S/c1-16-14-22(11-12-23(16)30)34-27(26(32-28(34)35)24-10-5-6-13-31-24)25-17(2)18(3)33(19(25)4)21-9-7-8-20(29)15-21/h5-15,26-27H,1-4H3,(H,32,35)/t26-,27+/m0/s1. The molecule has 1 aliphatic rings. The summed E-state index contributed by atoms with van der Waals surface area (Å²) >= 11 is 12.2. The normalized spacial score (nSPS) is 17.7. The molecular formula is C28H26ClFN4S. The second-order valence-electron chi connectivity index (χ2n) is 8.95. The van der Waals surface area contributed by atoms with E-state index in [0.29, 0.717) is 15.7 Å². The lowest BCUT2D eigenvalue weighted by atomic mass is 9.93. The second kappa shape index (κ2) is 9.10. The Morgan fingerprint density at radius 2 is 1.74 bits per heavy atom. The van der Waals surface area contributed by atoms with Gasteiger partial charge in [-0.15, -0.1) is 0 Å². The van der Waals surface area contributed by atoms with E-state index in [-0.39, 0.29) is 17.9 Å². The van der Waals surface area contributed by atoms with Crippen molar-refractivity contribution in [3.05, 3.63) is 111 Å². The van der Waals surface area contributed by atoms with E-state index in [1.54, 1.807) is 19.2 Å². The van der Waals surface area contributed by atoms with Gasteiger partial charge in [-0.3, -0.25) is 4.98 Å². The zero-order valence-electron chi connectivity index (χ0n) is 20.0. The molecular weight excluding hydrogens is 479 g/mol. The maximum Gasteiger partial charge on any atom is 0.174 e. The molecule has 2 aromatic carbocycles. The van der Waals surface area contributed by atoms with E-state index in [1.807, 2.05) is 42.5 Å². The molecule has 7 heteroatoms. The number of aromatic nitrogens is 2. The van der Waals surface area contributed by atoms with Crippen LogP contribution in [0.1, 0.15) is 45.9 Å². The first-order valence-electron chi connectivity index (χ1n) is 11.5. The van der Waals surface area contributed by atoms with Crippen LogP contribution in [0.3, 0.4) is 0 Å². The summed E-state index contributed by atoms with van der Waals surface area (Å²) in [6.07, 6.45) is 1.80. The summed E-state index contributed by atoms with van der Waals surface area (Å²) in [4.78, 5) is 6.75. The molecule has 4 aromatic rings. The van der Waals surface area contributed by atoms with Crippen molar-refractivity contribution < 1.29 is 4.39 Å². The number of rotatable bonds is 4. The van der Waals surface area contributed by atoms with Crippen LogP contribution in [0.25, 0.3) is 5.69 Å². The smallest absolute Gasteiger partial charge is 0.174 e. The second-order valence-corrected chi connectivity index (χ2v) is 9.78. The van der Waals surface area contributed by atoms with Crippen molar-refractivity contribution >= 4 is 34.6 Å². The van der Waals surface area contributed by atoms with Crippen molar-refractivity contribution in [3.8, 4) is 5.69 Å². The summed E-state index contributed by atoms with van der Waals surface area (Å²) in [7, 11) is 0. The molecule has 178 valence electrons. The topological polar surface area (TPSA) is 33.1 Å². The zero-order valence-corrected chi connectivity index (χ0v) is 21.6. The third-order valence-corrected chi connectivity index (χ3v) is 7.44. The Morgan fingerprint density at radius 1 is 0.943 bits per heavy atom. The van der Waals surface area contributed by atoms with Crippen molar-refractivity contribution in [2.75, 3.05) is 4.90 Å². The van der Waals surface area contributed by atoms with Gasteiger partial charge in [-0.05, 0) is 99.6 Å². The summed E-state index contributed by atoms with van der Waals surface area (Å²) in [6.45, 7) is 8.16. The van der Waals surface area contributed by atoms with E-state index in [1.165, 1.54) is 11.6 Å². The van der Waals surface area contributed by atoms with Gasteiger partial charge < -0.3 is 14.8 Å². The quantitative estimate of drug-likeness (QED) is 0.301. The lowest BCUT2D eigenvalue weighted by molar-refractivity contribution is 0.563. The highest BCUT2D eigenvalue weighted by atomic mass is 35.5. The Bertz CT molecular complexity index is 1430. The maximum absolute atomic E-state index is 14.2. The molecule has 1 saturated heterocycles. The van der Waals surface area contributed by atoms with Crippen molar-refractivity contribution in [1.82, 2.24) is 14.9 Å². The van der Waals surface area contributed by atoms with E-state index >= 15 is 0 Å². The third-order valence-electron chi connectivity index (χ3n) is 6.89. The summed E-state index contributed by atoms with van der Waals surface area (Å²) < 4.78 is 16.4. The van der Waals surface area contributed by atoms with Crippen LogP contribution in [0.5, 0.6) is 0 Å². The van der Waals surface area contributed by atoms with E-state index in [0.717, 1.165) is 34.0 Å². The summed E-state index contributed by atoms with van der Waals surface area (Å²) in [5, 5.41) is 4.78. The predicted octanol–water partition coefficient (Wildman–Crippen LogP) is 7.08. The van der Waals surface area contributed by atoms with Crippen LogP contribution in [-0.4, -0.2) is 14.7 Å². The van der Waals surface area contributed by atoms with E-state index in [4.69, 9.17) is 23.8 Å². The Balaban J connectivity index is 1.74. The minimum atomic E-state index is -0.236. The van der Waals surface area contributed by atoms with Crippen LogP contribution in [0, 0.1) is 33.5 Å². The molecule has 0 radical (unpaired) electrons. The molecule has 1 aliphatic heterocycles. The molecule has 1 fully saturated rings. The maximum atomic E-state index is 14.2. The van der Waals surface area contributed by atoms with Gasteiger partial charge in [0.15, 0.2) is 5.11 Å². The number of hydrogen-bond acceptors (Lipinski definition) is 2. The first-order valence-corrected chi connectivity index (χ1v) is 12.3. The average molecular weight is 505 g/mol. The Morgan fingerprint density at radius 3 is 2.43 bits per heavy atom. The molecule has 2 aromatic heterocycles. The highest BCUT2D eigenvalue weighted by molar-refractivity contribution is 7.80. The van der Waals surface area contributed by atoms with Crippen LogP contribution in [0.15, 0.2) is 66.9 Å². The van der Waals surface area contributed by atoms with Gasteiger partial charge >= 0.3 is 0 Å². The average Bonchev–Trinajstić information content (AvgIpc) is 3.28. The van der Waals surface area contributed by atoms with E-state index in [2.05, 4.69) is 46.6 Å². The van der Waals surface area contributed by atoms with Crippen molar-refractivity contribution in [2.24, 2.45) is 0 Å². The molecule has 0 spiro atoms. The number of aryl methyl sites for hydroxylation is 1. The minimum absolute atomic E-state index is 0.179. The number of anilines is 1. The Kier molecular flexibility index (Phi) is 6.11. The Labute approximate surface area is 215 Å². The molecule has 5 rings (SSSR count). The van der Waals surface area contributed by atoms with Crippen LogP contribution in [0.2, 0.25) is 5.02 Å². The summed E-state index contributed by atoms with van der Waals surface area (Å²) in [5.41, 5.74) is 7.89. The van der Waals surface area contributed by atoms with Gasteiger partial charge in [0.25, 0.3) is 0 Å². The Hall–Kier alpha value is -3.22. The van der Waals surface area contributed by atoms with Gasteiger partial charge in [0.1, 0.15) is 5.82 Å². The molecule has 0 aliphatic carbocycles. The van der Waals surface area contributed by atoms with E-state index in [9.17, 15) is 4.39 Å². The lowest BCUT2D eigenvalue weighted by Crippen LogP contribution is -2.30. The number of hydrogen-bond donors (Lipinski definition) is 1. The van der Waals surface area contributed by atoms with Gasteiger partial charge in [0.05, 0.1) is 17.8 Å². The molecule has 35 heavy (non-hydrogen) atoms. The minimum Gasteiger partial charge on any atom is -0.351 e. The summed E-state index contributed by atoms with van der Waals surface area (Å²) in [5.74, 6) is -0.236. The van der Waals surface area contributed by atoms with Crippen LogP contribution >= 0.6 is 23.8 Å². The predicted molar refractivity (Wildman–Crippen MR) is 144 cm³/mol. The number of nitrogens with zero attached hydrogens (tertiary/aromatic N) is 3. The number of pyridine rings is 1. The number of nitrogens with one attached hydrogen (secondary N) is 1. The van der Waals surface area contributed by atoms with Crippen LogP contribution < -0.4 is 10.2 Å². The largest absolute Gasteiger partial charge is 0.351 e. The SMILES string of the molecule is Cc1cc(N2C(=S)N[C@@H](c3ccccn3)[C@H]2c2c(C)c(C)n(-c3cccc(Cl)c3)c2C)ccc1F. The highest BCUT2D eigenvalue weighted by Gasteiger charge is 2.43. The molecule has 4 nitrogen and oxygen atoms in total. The van der Waals surface area contributed by atoms with Crippen LogP contribution in [0.4, 0.5) is 10.1 Å². The zero-order chi connectivity index (χ0) is 24.9. The molecule has 2 atom stereocenters. The molecule has 1 N–H and O–H groups in total. The first-order chi connectivity index (χ1) is 16.8. The van der Waals surface area contributed by atoms with E-state index < -0.39 is 0 Å². The number of benzene rings is 2. The van der Waals surface area contributed by atoms with Gasteiger partial charge in [0, 0.05) is 39.5 Å². The molecule has 0 saturated carbocycles. The van der Waals surface area contributed by atoms with Crippen molar-refractivity contribution in [2.45, 2.75) is 39.8 Å². The fourth-order valence-corrected chi connectivity index (χ4v) is 5.68. The molecule has 0 bridgehead atoms. The van der Waals surface area contributed by atoms with Gasteiger partial charge in [-0.1, -0.05) is 23.7 Å². The fourth-order valence-electron chi connectivity index (χ4n) is 5.15. The van der Waals surface area contributed by atoms with Gasteiger partial charge in [-0.25, -0.2) is 4.39 Å². The highest BCUT2D eigenvalue weighted by Crippen LogP contribution is 2.45. The third kappa shape index (κ3) is 4.01. The van der Waals surface area contributed by atoms with Crippen LogP contribution in [-0.2, 0) is 0 Å². The first kappa shape index (κ1) is 23.5. The monoisotopic (exact) mass is 504 g/mol. The molecule has 0 amide bonds. The fraction of sp³-hybridized carbons (Fsp3) is 0.214. The number of halogens is 2. The van der Waals surface area contributed by atoms with Crippen molar-refractivity contribution in [3.63, 3.8) is 0 Å². The van der Waals surface area contributed by atoms with Gasteiger partial charge in [0.2, 0.25) is 0 Å². The number of thiocarbonyl (C=S) groups is 1.